The maximum Gasteiger partial charge on any atom is 0.326 e. The second kappa shape index (κ2) is 16.3. The van der Waals surface area contributed by atoms with Gasteiger partial charge in [0, 0.05) is 6.42 Å². The number of carbonyl (C=O) groups is 5. The van der Waals surface area contributed by atoms with Crippen LogP contribution in [0.2, 0.25) is 0 Å². The molecule has 4 atom stereocenters. The monoisotopic (exact) mass is 503 g/mol. The number of nitrogens with one attached hydrogen (secondary N) is 3. The smallest absolute Gasteiger partial charge is 0.326 e. The molecule has 11 nitrogen and oxygen atoms in total. The molecule has 196 valence electrons. The van der Waals surface area contributed by atoms with Crippen molar-refractivity contribution >= 4 is 41.4 Å². The van der Waals surface area contributed by atoms with Crippen LogP contribution < -0.4 is 27.4 Å². The fourth-order valence-corrected chi connectivity index (χ4v) is 3.62. The summed E-state index contributed by atoms with van der Waals surface area (Å²) in [4.78, 5) is 60.8. The van der Waals surface area contributed by atoms with E-state index in [4.69, 9.17) is 11.5 Å². The van der Waals surface area contributed by atoms with Crippen molar-refractivity contribution in [2.45, 2.75) is 84.0 Å². The zero-order chi connectivity index (χ0) is 26.4. The lowest BCUT2D eigenvalue weighted by molar-refractivity contribution is -0.142. The standard InChI is InChI=1S/C22H41N5O6S/c1-12(2)10-16(26-19(29)14(23)6-7-18(24)28)21(31)27-17(11-13(3)4)20(30)25-15(22(32)33)8-9-34-5/h12-17H,6-11,23H2,1-5H3,(H2,24,28)(H,25,30)(H,26,29)(H,27,31)(H,32,33). The predicted molar refractivity (Wildman–Crippen MR) is 132 cm³/mol. The van der Waals surface area contributed by atoms with Gasteiger partial charge >= 0.3 is 5.97 Å². The Kier molecular flexibility index (Phi) is 15.2. The maximum absolute atomic E-state index is 13.1. The summed E-state index contributed by atoms with van der Waals surface area (Å²) in [7, 11) is 0. The summed E-state index contributed by atoms with van der Waals surface area (Å²) in [5.41, 5.74) is 10.9. The molecule has 0 aromatic rings. The first kappa shape index (κ1) is 31.7. The number of carboxylic acid groups (broad SMARTS) is 1. The van der Waals surface area contributed by atoms with E-state index in [9.17, 15) is 29.1 Å². The number of hydrogen-bond donors (Lipinski definition) is 6. The van der Waals surface area contributed by atoms with Gasteiger partial charge in [0.1, 0.15) is 18.1 Å². The number of carbonyl (C=O) groups excluding carboxylic acids is 4. The molecule has 0 aromatic heterocycles. The van der Waals surface area contributed by atoms with E-state index in [0.29, 0.717) is 12.2 Å². The predicted octanol–water partition coefficient (Wildman–Crippen LogP) is -0.0365. The Morgan fingerprint density at radius 3 is 1.62 bits per heavy atom. The van der Waals surface area contributed by atoms with Gasteiger partial charge in [-0.15, -0.1) is 0 Å². The number of amides is 4. The highest BCUT2D eigenvalue weighted by Gasteiger charge is 2.31. The summed E-state index contributed by atoms with van der Waals surface area (Å²) in [6.45, 7) is 7.50. The minimum Gasteiger partial charge on any atom is -0.480 e. The number of nitrogens with two attached hydrogens (primary N) is 2. The van der Waals surface area contributed by atoms with E-state index in [2.05, 4.69) is 16.0 Å². The molecule has 0 saturated carbocycles. The molecule has 0 saturated heterocycles. The first-order valence-electron chi connectivity index (χ1n) is 11.4. The number of primary amides is 1. The second-order valence-electron chi connectivity index (χ2n) is 9.17. The van der Waals surface area contributed by atoms with Crippen molar-refractivity contribution in [2.75, 3.05) is 12.0 Å². The van der Waals surface area contributed by atoms with Crippen LogP contribution in [0.5, 0.6) is 0 Å². The Labute approximate surface area is 205 Å². The second-order valence-corrected chi connectivity index (χ2v) is 10.2. The zero-order valence-corrected chi connectivity index (χ0v) is 21.6. The van der Waals surface area contributed by atoms with Crippen molar-refractivity contribution in [1.29, 1.82) is 0 Å². The number of rotatable bonds is 17. The molecule has 8 N–H and O–H groups in total. The third kappa shape index (κ3) is 13.4. The topological polar surface area (TPSA) is 194 Å². The van der Waals surface area contributed by atoms with Crippen molar-refractivity contribution in [2.24, 2.45) is 23.3 Å². The van der Waals surface area contributed by atoms with Gasteiger partial charge in [0.2, 0.25) is 23.6 Å². The SMILES string of the molecule is CSCCC(NC(=O)C(CC(C)C)NC(=O)C(CC(C)C)NC(=O)C(N)CCC(N)=O)C(=O)O. The molecular weight excluding hydrogens is 462 g/mol. The number of aliphatic carboxylic acids is 1. The lowest BCUT2D eigenvalue weighted by Crippen LogP contribution is -2.57. The quantitative estimate of drug-likeness (QED) is 0.159. The Hall–Kier alpha value is -2.34. The molecule has 0 aromatic carbocycles. The lowest BCUT2D eigenvalue weighted by atomic mass is 9.99. The van der Waals surface area contributed by atoms with Crippen LogP contribution in [-0.4, -0.2) is 70.9 Å². The van der Waals surface area contributed by atoms with E-state index in [1.54, 1.807) is 0 Å². The van der Waals surface area contributed by atoms with Crippen molar-refractivity contribution in [1.82, 2.24) is 16.0 Å². The Morgan fingerprint density at radius 2 is 1.24 bits per heavy atom. The van der Waals surface area contributed by atoms with Crippen LogP contribution in [0.1, 0.15) is 59.8 Å². The number of carboxylic acids is 1. The number of hydrogen-bond acceptors (Lipinski definition) is 7. The highest BCUT2D eigenvalue weighted by molar-refractivity contribution is 7.98. The van der Waals surface area contributed by atoms with Gasteiger partial charge in [-0.25, -0.2) is 4.79 Å². The van der Waals surface area contributed by atoms with Gasteiger partial charge in [0.25, 0.3) is 0 Å². The molecule has 0 heterocycles. The average Bonchev–Trinajstić information content (AvgIpc) is 2.72. The van der Waals surface area contributed by atoms with Crippen LogP contribution in [0.3, 0.4) is 0 Å². The van der Waals surface area contributed by atoms with Crippen molar-refractivity contribution in [3.05, 3.63) is 0 Å². The fourth-order valence-electron chi connectivity index (χ4n) is 3.15. The Bertz CT molecular complexity index is 703. The molecule has 0 bridgehead atoms. The fraction of sp³-hybridized carbons (Fsp3) is 0.773. The van der Waals surface area contributed by atoms with E-state index in [0.717, 1.165) is 0 Å². The van der Waals surface area contributed by atoms with Gasteiger partial charge in [-0.1, -0.05) is 27.7 Å². The van der Waals surface area contributed by atoms with Crippen LogP contribution in [0, 0.1) is 11.8 Å². The third-order valence-electron chi connectivity index (χ3n) is 4.94. The molecule has 0 aliphatic rings. The molecule has 0 aliphatic heterocycles. The van der Waals surface area contributed by atoms with Crippen molar-refractivity contribution in [3.63, 3.8) is 0 Å². The van der Waals surface area contributed by atoms with Gasteiger partial charge in [-0.3, -0.25) is 19.2 Å². The van der Waals surface area contributed by atoms with E-state index in [1.807, 2.05) is 34.0 Å². The third-order valence-corrected chi connectivity index (χ3v) is 5.59. The molecule has 0 aliphatic carbocycles. The molecule has 0 spiro atoms. The lowest BCUT2D eigenvalue weighted by Gasteiger charge is -2.26. The molecule has 0 radical (unpaired) electrons. The summed E-state index contributed by atoms with van der Waals surface area (Å²) in [5.74, 6) is -2.87. The normalized spacial score (nSPS) is 14.7. The van der Waals surface area contributed by atoms with Crippen molar-refractivity contribution in [3.8, 4) is 0 Å². The Balaban J connectivity index is 5.44. The molecule has 34 heavy (non-hydrogen) atoms. The summed E-state index contributed by atoms with van der Waals surface area (Å²) in [5, 5.41) is 17.2. The molecule has 4 unspecified atom stereocenters. The molecule has 0 rings (SSSR count). The van der Waals surface area contributed by atoms with Gasteiger partial charge in [-0.05, 0) is 49.5 Å². The highest BCUT2D eigenvalue weighted by Crippen LogP contribution is 2.10. The minimum atomic E-state index is -1.15. The van der Waals surface area contributed by atoms with E-state index >= 15 is 0 Å². The first-order chi connectivity index (χ1) is 15.8. The summed E-state index contributed by atoms with van der Waals surface area (Å²) in [6.07, 6.45) is 2.65. The van der Waals surface area contributed by atoms with Crippen LogP contribution >= 0.6 is 11.8 Å². The Morgan fingerprint density at radius 1 is 0.794 bits per heavy atom. The summed E-state index contributed by atoms with van der Waals surface area (Å²) >= 11 is 1.47. The highest BCUT2D eigenvalue weighted by atomic mass is 32.2. The molecule has 0 fully saturated rings. The van der Waals surface area contributed by atoms with Crippen LogP contribution in [-0.2, 0) is 24.0 Å². The van der Waals surface area contributed by atoms with Crippen LogP contribution in [0.4, 0.5) is 0 Å². The van der Waals surface area contributed by atoms with Crippen LogP contribution in [0.15, 0.2) is 0 Å². The van der Waals surface area contributed by atoms with E-state index in [-0.39, 0.29) is 37.5 Å². The number of thioether (sulfide) groups is 1. The largest absolute Gasteiger partial charge is 0.480 e. The zero-order valence-electron chi connectivity index (χ0n) is 20.8. The van der Waals surface area contributed by atoms with E-state index < -0.39 is 53.8 Å². The van der Waals surface area contributed by atoms with Gasteiger partial charge in [0.15, 0.2) is 0 Å². The van der Waals surface area contributed by atoms with Crippen molar-refractivity contribution < 1.29 is 29.1 Å². The first-order valence-corrected chi connectivity index (χ1v) is 12.8. The molecular formula is C22H41N5O6S. The van der Waals surface area contributed by atoms with Gasteiger partial charge in [0.05, 0.1) is 6.04 Å². The summed E-state index contributed by atoms with van der Waals surface area (Å²) < 4.78 is 0. The van der Waals surface area contributed by atoms with Gasteiger partial charge < -0.3 is 32.5 Å². The average molecular weight is 504 g/mol. The van der Waals surface area contributed by atoms with Crippen LogP contribution in [0.25, 0.3) is 0 Å². The van der Waals surface area contributed by atoms with E-state index in [1.165, 1.54) is 11.8 Å². The molecule has 4 amide bonds. The summed E-state index contributed by atoms with van der Waals surface area (Å²) in [6, 6.07) is -4.02. The molecule has 12 heteroatoms. The maximum atomic E-state index is 13.1. The minimum absolute atomic E-state index is 0.0332. The van der Waals surface area contributed by atoms with Gasteiger partial charge in [-0.2, -0.15) is 11.8 Å².